The third kappa shape index (κ3) is 1.54. The maximum atomic E-state index is 11.4. The van der Waals surface area contributed by atoms with Gasteiger partial charge in [-0.2, -0.15) is 0 Å². The average Bonchev–Trinajstić information content (AvgIpc) is 2.28. The molecule has 0 N–H and O–H groups in total. The van der Waals surface area contributed by atoms with Crippen LogP contribution in [0, 0.1) is 0 Å². The van der Waals surface area contributed by atoms with Crippen molar-refractivity contribution in [2.45, 2.75) is 0 Å². The first kappa shape index (κ1) is 9.58. The van der Waals surface area contributed by atoms with Crippen LogP contribution in [0.5, 0.6) is 11.5 Å². The standard InChI is InChI=1S/C11H10O4/c1-13-9-5-7-3-4-15-11(12)8(7)6-10(9)14-2/h3-6H,1-2H3. The highest BCUT2D eigenvalue weighted by Gasteiger charge is 2.08. The highest BCUT2D eigenvalue weighted by Crippen LogP contribution is 2.30. The van der Waals surface area contributed by atoms with Crippen LogP contribution >= 0.6 is 0 Å². The number of rotatable bonds is 2. The van der Waals surface area contributed by atoms with Gasteiger partial charge in [0.15, 0.2) is 11.5 Å². The van der Waals surface area contributed by atoms with Crippen LogP contribution in [-0.2, 0) is 0 Å². The maximum absolute atomic E-state index is 11.4. The molecule has 4 nitrogen and oxygen atoms in total. The molecular weight excluding hydrogens is 196 g/mol. The van der Waals surface area contributed by atoms with Crippen molar-refractivity contribution in [3.8, 4) is 11.5 Å². The summed E-state index contributed by atoms with van der Waals surface area (Å²) in [5, 5.41) is 1.25. The summed E-state index contributed by atoms with van der Waals surface area (Å²) in [5.74, 6) is 1.11. The second kappa shape index (κ2) is 3.65. The number of benzene rings is 1. The van der Waals surface area contributed by atoms with Crippen molar-refractivity contribution in [2.24, 2.45) is 0 Å². The Morgan fingerprint density at radius 1 is 1.13 bits per heavy atom. The van der Waals surface area contributed by atoms with E-state index in [1.165, 1.54) is 13.4 Å². The Balaban J connectivity index is 2.81. The Morgan fingerprint density at radius 3 is 2.47 bits per heavy atom. The molecule has 0 aliphatic rings. The van der Waals surface area contributed by atoms with Crippen LogP contribution in [0.4, 0.5) is 0 Å². The SMILES string of the molecule is COc1cc2ccoc(=O)c2cc1OC. The van der Waals surface area contributed by atoms with Gasteiger partial charge in [-0.15, -0.1) is 0 Å². The molecule has 0 saturated heterocycles. The summed E-state index contributed by atoms with van der Waals surface area (Å²) < 4.78 is 15.0. The first-order chi connectivity index (χ1) is 7.26. The van der Waals surface area contributed by atoms with E-state index < -0.39 is 0 Å². The van der Waals surface area contributed by atoms with Gasteiger partial charge < -0.3 is 13.9 Å². The number of hydrogen-bond donors (Lipinski definition) is 0. The molecule has 0 aliphatic heterocycles. The zero-order valence-electron chi connectivity index (χ0n) is 8.44. The molecule has 0 atom stereocenters. The van der Waals surface area contributed by atoms with Crippen molar-refractivity contribution < 1.29 is 13.9 Å². The van der Waals surface area contributed by atoms with Crippen LogP contribution in [0.3, 0.4) is 0 Å². The Bertz CT molecular complexity index is 542. The fourth-order valence-corrected chi connectivity index (χ4v) is 1.44. The van der Waals surface area contributed by atoms with Crippen LogP contribution < -0.4 is 15.1 Å². The third-order valence-electron chi connectivity index (χ3n) is 2.20. The van der Waals surface area contributed by atoms with Gasteiger partial charge in [0, 0.05) is 0 Å². The normalized spacial score (nSPS) is 10.3. The first-order valence-corrected chi connectivity index (χ1v) is 4.40. The number of hydrogen-bond acceptors (Lipinski definition) is 4. The summed E-state index contributed by atoms with van der Waals surface area (Å²) >= 11 is 0. The van der Waals surface area contributed by atoms with Gasteiger partial charge >= 0.3 is 5.63 Å². The molecule has 0 bridgehead atoms. The number of methoxy groups -OCH3 is 2. The van der Waals surface area contributed by atoms with Gasteiger partial charge in [0.1, 0.15) is 0 Å². The van der Waals surface area contributed by atoms with Gasteiger partial charge in [0.25, 0.3) is 0 Å². The second-order valence-electron chi connectivity index (χ2n) is 3.00. The topological polar surface area (TPSA) is 48.7 Å². The van der Waals surface area contributed by atoms with Crippen LogP contribution in [0.2, 0.25) is 0 Å². The fourth-order valence-electron chi connectivity index (χ4n) is 1.44. The van der Waals surface area contributed by atoms with Crippen molar-refractivity contribution in [3.05, 3.63) is 34.9 Å². The van der Waals surface area contributed by atoms with Gasteiger partial charge in [-0.1, -0.05) is 0 Å². The number of ether oxygens (including phenoxy) is 2. The van der Waals surface area contributed by atoms with Crippen LogP contribution in [-0.4, -0.2) is 14.2 Å². The van der Waals surface area contributed by atoms with E-state index in [-0.39, 0.29) is 5.63 Å². The zero-order valence-corrected chi connectivity index (χ0v) is 8.44. The van der Waals surface area contributed by atoms with Gasteiger partial charge in [-0.25, -0.2) is 4.79 Å². The Kier molecular flexibility index (Phi) is 2.33. The molecule has 1 heterocycles. The average molecular weight is 206 g/mol. The quantitative estimate of drug-likeness (QED) is 0.751. The monoisotopic (exact) mass is 206 g/mol. The van der Waals surface area contributed by atoms with Crippen molar-refractivity contribution in [3.63, 3.8) is 0 Å². The van der Waals surface area contributed by atoms with Gasteiger partial charge in [0.2, 0.25) is 0 Å². The number of fused-ring (bicyclic) bond motifs is 1. The van der Waals surface area contributed by atoms with E-state index in [1.807, 2.05) is 0 Å². The minimum atomic E-state index is -0.381. The molecule has 0 radical (unpaired) electrons. The molecule has 0 fully saturated rings. The Morgan fingerprint density at radius 2 is 1.80 bits per heavy atom. The minimum Gasteiger partial charge on any atom is -0.493 e. The lowest BCUT2D eigenvalue weighted by Gasteiger charge is -2.07. The highest BCUT2D eigenvalue weighted by molar-refractivity contribution is 5.84. The first-order valence-electron chi connectivity index (χ1n) is 4.40. The molecule has 2 aromatic rings. The van der Waals surface area contributed by atoms with Crippen molar-refractivity contribution in [1.29, 1.82) is 0 Å². The molecule has 0 spiro atoms. The molecule has 1 aromatic carbocycles. The Labute approximate surface area is 86.0 Å². The van der Waals surface area contributed by atoms with Gasteiger partial charge in [-0.05, 0) is 23.6 Å². The van der Waals surface area contributed by atoms with E-state index in [0.717, 1.165) is 5.39 Å². The smallest absolute Gasteiger partial charge is 0.343 e. The zero-order chi connectivity index (χ0) is 10.8. The largest absolute Gasteiger partial charge is 0.493 e. The summed E-state index contributed by atoms with van der Waals surface area (Å²) in [6.45, 7) is 0. The molecule has 78 valence electrons. The third-order valence-corrected chi connectivity index (χ3v) is 2.20. The van der Waals surface area contributed by atoms with Gasteiger partial charge in [-0.3, -0.25) is 0 Å². The maximum Gasteiger partial charge on any atom is 0.343 e. The molecule has 4 heteroatoms. The van der Waals surface area contributed by atoms with Crippen LogP contribution in [0.15, 0.2) is 33.7 Å². The Hall–Kier alpha value is -1.97. The lowest BCUT2D eigenvalue weighted by molar-refractivity contribution is 0.355. The molecule has 0 saturated carbocycles. The lowest BCUT2D eigenvalue weighted by Crippen LogP contribution is -1.99. The molecule has 0 unspecified atom stereocenters. The predicted molar refractivity (Wildman–Crippen MR) is 55.6 cm³/mol. The summed E-state index contributed by atoms with van der Waals surface area (Å²) in [4.78, 5) is 11.4. The van der Waals surface area contributed by atoms with E-state index >= 15 is 0 Å². The lowest BCUT2D eigenvalue weighted by atomic mass is 10.1. The van der Waals surface area contributed by atoms with Crippen LogP contribution in [0.1, 0.15) is 0 Å². The minimum absolute atomic E-state index is 0.381. The summed E-state index contributed by atoms with van der Waals surface area (Å²) in [5.41, 5.74) is -0.381. The predicted octanol–water partition coefficient (Wildman–Crippen LogP) is 1.81. The van der Waals surface area contributed by atoms with Crippen molar-refractivity contribution >= 4 is 10.8 Å². The summed E-state index contributed by atoms with van der Waals surface area (Å²) in [6, 6.07) is 5.06. The van der Waals surface area contributed by atoms with E-state index in [4.69, 9.17) is 13.9 Å². The molecule has 2 rings (SSSR count). The molecule has 15 heavy (non-hydrogen) atoms. The van der Waals surface area contributed by atoms with E-state index in [1.54, 1.807) is 25.3 Å². The van der Waals surface area contributed by atoms with E-state index in [2.05, 4.69) is 0 Å². The molecular formula is C11H10O4. The van der Waals surface area contributed by atoms with Gasteiger partial charge in [0.05, 0.1) is 25.9 Å². The molecule has 0 amide bonds. The summed E-state index contributed by atoms with van der Waals surface area (Å²) in [6.07, 6.45) is 1.36. The van der Waals surface area contributed by atoms with Crippen molar-refractivity contribution in [2.75, 3.05) is 14.2 Å². The molecule has 1 aromatic heterocycles. The van der Waals surface area contributed by atoms with E-state index in [0.29, 0.717) is 16.9 Å². The fraction of sp³-hybridized carbons (Fsp3) is 0.182. The second-order valence-corrected chi connectivity index (χ2v) is 3.00. The highest BCUT2D eigenvalue weighted by atomic mass is 16.5. The summed E-state index contributed by atoms with van der Waals surface area (Å²) in [7, 11) is 3.07. The van der Waals surface area contributed by atoms with Crippen LogP contribution in [0.25, 0.3) is 10.8 Å². The van der Waals surface area contributed by atoms with E-state index in [9.17, 15) is 4.79 Å². The van der Waals surface area contributed by atoms with Crippen molar-refractivity contribution in [1.82, 2.24) is 0 Å². The molecule has 0 aliphatic carbocycles.